The Hall–Kier alpha value is -1.02. The highest BCUT2D eigenvalue weighted by Crippen LogP contribution is 2.30. The summed E-state index contributed by atoms with van der Waals surface area (Å²) in [5.74, 6) is 1.00. The van der Waals surface area contributed by atoms with Crippen molar-refractivity contribution in [3.05, 3.63) is 29.3 Å². The van der Waals surface area contributed by atoms with Crippen LogP contribution in [0.1, 0.15) is 31.9 Å². The summed E-state index contributed by atoms with van der Waals surface area (Å²) in [6, 6.07) is 6.20. The molecule has 1 aromatic rings. The van der Waals surface area contributed by atoms with Crippen LogP contribution in [0.15, 0.2) is 18.2 Å². The Morgan fingerprint density at radius 1 is 1.47 bits per heavy atom. The van der Waals surface area contributed by atoms with Crippen LogP contribution in [0.3, 0.4) is 0 Å². The van der Waals surface area contributed by atoms with Crippen LogP contribution < -0.4 is 4.74 Å². The Morgan fingerprint density at radius 2 is 2.20 bits per heavy atom. The highest BCUT2D eigenvalue weighted by molar-refractivity contribution is 5.40. The zero-order valence-electron chi connectivity index (χ0n) is 9.58. The van der Waals surface area contributed by atoms with Crippen LogP contribution in [0.25, 0.3) is 0 Å². The molecule has 0 aliphatic carbocycles. The quantitative estimate of drug-likeness (QED) is 0.804. The lowest BCUT2D eigenvalue weighted by Crippen LogP contribution is -2.21. The normalized spacial score (nSPS) is 19.9. The molecule has 82 valence electrons. The number of fused-ring (bicyclic) bond motifs is 1. The molecule has 0 fully saturated rings. The largest absolute Gasteiger partial charge is 0.490 e. The van der Waals surface area contributed by atoms with Gasteiger partial charge in [-0.05, 0) is 38.0 Å². The van der Waals surface area contributed by atoms with E-state index < -0.39 is 5.60 Å². The lowest BCUT2D eigenvalue weighted by molar-refractivity contribution is 0.0810. The molecule has 0 saturated heterocycles. The minimum Gasteiger partial charge on any atom is -0.490 e. The monoisotopic (exact) mass is 206 g/mol. The average molecular weight is 206 g/mol. The van der Waals surface area contributed by atoms with Gasteiger partial charge >= 0.3 is 0 Å². The molecule has 1 aliphatic rings. The summed E-state index contributed by atoms with van der Waals surface area (Å²) in [5.41, 5.74) is 1.81. The summed E-state index contributed by atoms with van der Waals surface area (Å²) in [7, 11) is 0. The number of aliphatic hydroxyl groups is 1. The number of benzene rings is 1. The number of ether oxygens (including phenoxy) is 1. The Morgan fingerprint density at radius 3 is 2.87 bits per heavy atom. The van der Waals surface area contributed by atoms with Crippen molar-refractivity contribution in [2.45, 2.75) is 45.3 Å². The second-order valence-corrected chi connectivity index (χ2v) is 5.06. The molecular formula is C13H18O2. The second-order valence-electron chi connectivity index (χ2n) is 5.06. The van der Waals surface area contributed by atoms with Crippen LogP contribution in [-0.4, -0.2) is 16.8 Å². The molecule has 1 aliphatic heterocycles. The van der Waals surface area contributed by atoms with Gasteiger partial charge in [-0.25, -0.2) is 0 Å². The van der Waals surface area contributed by atoms with Crippen molar-refractivity contribution in [3.8, 4) is 5.75 Å². The van der Waals surface area contributed by atoms with Crippen molar-refractivity contribution in [2.24, 2.45) is 0 Å². The van der Waals surface area contributed by atoms with E-state index in [0.29, 0.717) is 6.42 Å². The number of hydrogen-bond acceptors (Lipinski definition) is 2. The first-order valence-corrected chi connectivity index (χ1v) is 5.45. The summed E-state index contributed by atoms with van der Waals surface area (Å²) in [6.07, 6.45) is 1.96. The minimum atomic E-state index is -0.640. The van der Waals surface area contributed by atoms with Crippen molar-refractivity contribution in [2.75, 3.05) is 0 Å². The number of rotatable bonds is 2. The molecule has 15 heavy (non-hydrogen) atoms. The van der Waals surface area contributed by atoms with E-state index in [9.17, 15) is 5.11 Å². The highest BCUT2D eigenvalue weighted by Gasteiger charge is 2.20. The predicted molar refractivity (Wildman–Crippen MR) is 60.2 cm³/mol. The van der Waals surface area contributed by atoms with E-state index in [-0.39, 0.29) is 6.10 Å². The molecule has 1 aromatic carbocycles. The van der Waals surface area contributed by atoms with Crippen molar-refractivity contribution in [3.63, 3.8) is 0 Å². The molecule has 0 amide bonds. The molecule has 0 saturated carbocycles. The van der Waals surface area contributed by atoms with Crippen LogP contribution in [0.2, 0.25) is 0 Å². The van der Waals surface area contributed by atoms with Gasteiger partial charge in [-0.3, -0.25) is 0 Å². The highest BCUT2D eigenvalue weighted by atomic mass is 16.5. The fourth-order valence-corrected chi connectivity index (χ4v) is 2.08. The molecule has 0 radical (unpaired) electrons. The summed E-state index contributed by atoms with van der Waals surface area (Å²) in [6.45, 7) is 5.74. The summed E-state index contributed by atoms with van der Waals surface area (Å²) < 4.78 is 5.63. The van der Waals surface area contributed by atoms with E-state index in [1.807, 2.05) is 26.0 Å². The third kappa shape index (κ3) is 2.51. The first-order valence-electron chi connectivity index (χ1n) is 5.45. The van der Waals surface area contributed by atoms with Crippen molar-refractivity contribution in [1.29, 1.82) is 0 Å². The maximum Gasteiger partial charge on any atom is 0.123 e. The van der Waals surface area contributed by atoms with Gasteiger partial charge in [-0.15, -0.1) is 0 Å². The zero-order chi connectivity index (χ0) is 11.1. The van der Waals surface area contributed by atoms with E-state index >= 15 is 0 Å². The third-order valence-electron chi connectivity index (χ3n) is 2.60. The van der Waals surface area contributed by atoms with Gasteiger partial charge in [0.2, 0.25) is 0 Å². The molecule has 0 bridgehead atoms. The summed E-state index contributed by atoms with van der Waals surface area (Å²) >= 11 is 0. The van der Waals surface area contributed by atoms with Crippen LogP contribution in [0, 0.1) is 0 Å². The maximum atomic E-state index is 9.74. The minimum absolute atomic E-state index is 0.289. The van der Waals surface area contributed by atoms with Gasteiger partial charge in [0.15, 0.2) is 0 Å². The van der Waals surface area contributed by atoms with E-state index in [1.54, 1.807) is 0 Å². The van der Waals surface area contributed by atoms with Crippen molar-refractivity contribution < 1.29 is 9.84 Å². The predicted octanol–water partition coefficient (Wildman–Crippen LogP) is 2.32. The lowest BCUT2D eigenvalue weighted by Gasteiger charge is -2.17. The zero-order valence-corrected chi connectivity index (χ0v) is 9.58. The molecule has 1 N–H and O–H groups in total. The molecular weight excluding hydrogens is 188 g/mol. The summed E-state index contributed by atoms with van der Waals surface area (Å²) in [4.78, 5) is 0. The Kier molecular flexibility index (Phi) is 2.47. The van der Waals surface area contributed by atoms with E-state index in [0.717, 1.165) is 12.2 Å². The summed E-state index contributed by atoms with van der Waals surface area (Å²) in [5, 5.41) is 9.74. The molecule has 1 atom stereocenters. The van der Waals surface area contributed by atoms with Crippen molar-refractivity contribution >= 4 is 0 Å². The molecule has 0 aromatic heterocycles. The van der Waals surface area contributed by atoms with Gasteiger partial charge in [0.1, 0.15) is 11.9 Å². The Balaban J connectivity index is 2.20. The van der Waals surface area contributed by atoms with Gasteiger partial charge in [-0.1, -0.05) is 12.1 Å². The molecule has 2 heteroatoms. The molecule has 2 nitrogen and oxygen atoms in total. The van der Waals surface area contributed by atoms with Gasteiger partial charge in [0, 0.05) is 12.8 Å². The third-order valence-corrected chi connectivity index (χ3v) is 2.60. The van der Waals surface area contributed by atoms with Crippen molar-refractivity contribution in [1.82, 2.24) is 0 Å². The van der Waals surface area contributed by atoms with Gasteiger partial charge in [0.05, 0.1) is 5.60 Å². The van der Waals surface area contributed by atoms with Crippen LogP contribution >= 0.6 is 0 Å². The molecule has 2 rings (SSSR count). The standard InChI is InChI=1S/C13H18O2/c1-9-6-11-7-10(8-13(2,3)14)4-5-12(11)15-9/h4-5,7,9,14H,6,8H2,1-3H3. The fourth-order valence-electron chi connectivity index (χ4n) is 2.08. The number of hydrogen-bond donors (Lipinski definition) is 1. The molecule has 1 unspecified atom stereocenters. The topological polar surface area (TPSA) is 29.5 Å². The van der Waals surface area contributed by atoms with Crippen LogP contribution in [0.5, 0.6) is 5.75 Å². The second kappa shape index (κ2) is 3.53. The maximum absolute atomic E-state index is 9.74. The van der Waals surface area contributed by atoms with Crippen LogP contribution in [0.4, 0.5) is 0 Å². The van der Waals surface area contributed by atoms with E-state index in [2.05, 4.69) is 13.0 Å². The molecule has 0 spiro atoms. The SMILES string of the molecule is CC1Cc2cc(CC(C)(C)O)ccc2O1. The van der Waals surface area contributed by atoms with E-state index in [4.69, 9.17) is 4.74 Å². The van der Waals surface area contributed by atoms with Gasteiger partial charge in [-0.2, -0.15) is 0 Å². The lowest BCUT2D eigenvalue weighted by atomic mass is 9.96. The first-order chi connectivity index (χ1) is 6.94. The molecule has 1 heterocycles. The van der Waals surface area contributed by atoms with Crippen LogP contribution in [-0.2, 0) is 12.8 Å². The first kappa shape index (κ1) is 10.5. The Bertz CT molecular complexity index is 363. The van der Waals surface area contributed by atoms with E-state index in [1.165, 1.54) is 11.1 Å². The smallest absolute Gasteiger partial charge is 0.123 e. The van der Waals surface area contributed by atoms with Gasteiger partial charge in [0.25, 0.3) is 0 Å². The van der Waals surface area contributed by atoms with Gasteiger partial charge < -0.3 is 9.84 Å². The average Bonchev–Trinajstić information content (AvgIpc) is 2.40. The fraction of sp³-hybridized carbons (Fsp3) is 0.538. The Labute approximate surface area is 90.9 Å².